The van der Waals surface area contributed by atoms with Crippen molar-refractivity contribution < 1.29 is 14.6 Å². The van der Waals surface area contributed by atoms with E-state index >= 15 is 0 Å². The van der Waals surface area contributed by atoms with Crippen LogP contribution in [0.5, 0.6) is 5.75 Å². The lowest BCUT2D eigenvalue weighted by Gasteiger charge is -2.14. The van der Waals surface area contributed by atoms with Gasteiger partial charge in [-0.15, -0.1) is 0 Å². The van der Waals surface area contributed by atoms with Gasteiger partial charge in [0.05, 0.1) is 0 Å². The maximum absolute atomic E-state index is 10.5. The van der Waals surface area contributed by atoms with Crippen molar-refractivity contribution in [1.82, 2.24) is 5.32 Å². The summed E-state index contributed by atoms with van der Waals surface area (Å²) in [6, 6.07) is 17.6. The number of hydrogen-bond acceptors (Lipinski definition) is 3. The van der Waals surface area contributed by atoms with Gasteiger partial charge in [-0.25, -0.2) is 4.79 Å². The van der Waals surface area contributed by atoms with Crippen molar-refractivity contribution in [1.29, 1.82) is 0 Å². The molecule has 1 unspecified atom stereocenters. The summed E-state index contributed by atoms with van der Waals surface area (Å²) >= 11 is 1.66. The Hall–Kier alpha value is -2.14. The summed E-state index contributed by atoms with van der Waals surface area (Å²) in [5.41, 5.74) is 0. The van der Waals surface area contributed by atoms with Crippen LogP contribution in [0.4, 0.5) is 4.79 Å². The van der Waals surface area contributed by atoms with Crippen LogP contribution >= 0.6 is 11.8 Å². The van der Waals surface area contributed by atoms with Gasteiger partial charge in [-0.1, -0.05) is 30.0 Å². The van der Waals surface area contributed by atoms with Crippen molar-refractivity contribution in [2.45, 2.75) is 22.9 Å². The van der Waals surface area contributed by atoms with Crippen molar-refractivity contribution in [3.8, 4) is 5.75 Å². The molecule has 2 rings (SSSR count). The molecule has 0 saturated heterocycles. The molecule has 1 amide bonds. The van der Waals surface area contributed by atoms with Gasteiger partial charge in [-0.3, -0.25) is 5.32 Å². The highest BCUT2D eigenvalue weighted by atomic mass is 32.2. The third-order valence-corrected chi connectivity index (χ3v) is 3.46. The molecule has 0 fully saturated rings. The van der Waals surface area contributed by atoms with Crippen molar-refractivity contribution in [3.63, 3.8) is 0 Å². The largest absolute Gasteiger partial charge is 0.471 e. The summed E-state index contributed by atoms with van der Waals surface area (Å²) in [7, 11) is 0. The van der Waals surface area contributed by atoms with Crippen molar-refractivity contribution >= 4 is 17.9 Å². The Morgan fingerprint density at radius 3 is 2.30 bits per heavy atom. The molecule has 0 saturated carbocycles. The molecule has 104 valence electrons. The number of hydrogen-bond donors (Lipinski definition) is 2. The first-order valence-electron chi connectivity index (χ1n) is 6.12. The Kier molecular flexibility index (Phi) is 4.90. The van der Waals surface area contributed by atoms with Crippen LogP contribution in [0, 0.1) is 0 Å². The highest BCUT2D eigenvalue weighted by Crippen LogP contribution is 2.28. The number of carbonyl (C=O) groups is 1. The SMILES string of the molecule is CC(NC(=O)O)Oc1ccc(Sc2ccccc2)cc1. The van der Waals surface area contributed by atoms with Crippen LogP contribution in [0.15, 0.2) is 64.4 Å². The summed E-state index contributed by atoms with van der Waals surface area (Å²) in [6.45, 7) is 1.64. The van der Waals surface area contributed by atoms with Gasteiger partial charge in [0, 0.05) is 9.79 Å². The Labute approximate surface area is 121 Å². The molecule has 0 aliphatic rings. The van der Waals surface area contributed by atoms with E-state index < -0.39 is 12.3 Å². The number of rotatable bonds is 5. The molecule has 0 aliphatic heterocycles. The molecule has 4 nitrogen and oxygen atoms in total. The van der Waals surface area contributed by atoms with E-state index in [9.17, 15) is 4.79 Å². The van der Waals surface area contributed by atoms with Crippen LogP contribution in [-0.4, -0.2) is 17.4 Å². The van der Waals surface area contributed by atoms with E-state index in [1.165, 1.54) is 4.90 Å². The van der Waals surface area contributed by atoms with E-state index in [0.717, 1.165) is 4.90 Å². The van der Waals surface area contributed by atoms with E-state index in [1.54, 1.807) is 18.7 Å². The first kappa shape index (κ1) is 14.3. The fourth-order valence-electron chi connectivity index (χ4n) is 1.62. The zero-order chi connectivity index (χ0) is 14.4. The average Bonchev–Trinajstić information content (AvgIpc) is 2.41. The Morgan fingerprint density at radius 1 is 1.10 bits per heavy atom. The van der Waals surface area contributed by atoms with Gasteiger partial charge >= 0.3 is 6.09 Å². The minimum Gasteiger partial charge on any atom is -0.471 e. The summed E-state index contributed by atoms with van der Waals surface area (Å²) in [6.07, 6.45) is -1.69. The predicted molar refractivity (Wildman–Crippen MR) is 78.3 cm³/mol. The fraction of sp³-hybridized carbons (Fsp3) is 0.133. The number of nitrogens with one attached hydrogen (secondary N) is 1. The van der Waals surface area contributed by atoms with E-state index in [-0.39, 0.29) is 0 Å². The fourth-order valence-corrected chi connectivity index (χ4v) is 2.46. The minimum absolute atomic E-state index is 0.583. The molecule has 2 N–H and O–H groups in total. The second-order valence-corrected chi connectivity index (χ2v) is 5.24. The summed E-state index contributed by atoms with van der Waals surface area (Å²) < 4.78 is 5.43. The molecule has 0 spiro atoms. The Morgan fingerprint density at radius 2 is 1.70 bits per heavy atom. The number of benzene rings is 2. The van der Waals surface area contributed by atoms with Gasteiger partial charge in [-0.05, 0) is 43.3 Å². The number of amides is 1. The molecule has 0 radical (unpaired) electrons. The van der Waals surface area contributed by atoms with Gasteiger partial charge in [0.15, 0.2) is 6.23 Å². The maximum Gasteiger partial charge on any atom is 0.407 e. The summed E-state index contributed by atoms with van der Waals surface area (Å²) in [5, 5.41) is 10.8. The zero-order valence-electron chi connectivity index (χ0n) is 10.9. The quantitative estimate of drug-likeness (QED) is 0.821. The predicted octanol–water partition coefficient (Wildman–Crippen LogP) is 3.83. The van der Waals surface area contributed by atoms with E-state index in [1.807, 2.05) is 54.6 Å². The van der Waals surface area contributed by atoms with Gasteiger partial charge < -0.3 is 9.84 Å². The number of carboxylic acid groups (broad SMARTS) is 1. The smallest absolute Gasteiger partial charge is 0.407 e. The molecule has 2 aromatic rings. The van der Waals surface area contributed by atoms with Crippen LogP contribution in [0.25, 0.3) is 0 Å². The van der Waals surface area contributed by atoms with Crippen molar-refractivity contribution in [2.24, 2.45) is 0 Å². The van der Waals surface area contributed by atoms with Gasteiger partial charge in [0.1, 0.15) is 5.75 Å². The highest BCUT2D eigenvalue weighted by Gasteiger charge is 2.06. The van der Waals surface area contributed by atoms with E-state index in [4.69, 9.17) is 9.84 Å². The molecule has 2 aromatic carbocycles. The molecule has 20 heavy (non-hydrogen) atoms. The normalized spacial score (nSPS) is 11.7. The molecule has 0 aromatic heterocycles. The van der Waals surface area contributed by atoms with Crippen LogP contribution in [-0.2, 0) is 0 Å². The highest BCUT2D eigenvalue weighted by molar-refractivity contribution is 7.99. The van der Waals surface area contributed by atoms with Crippen LogP contribution in [0.3, 0.4) is 0 Å². The van der Waals surface area contributed by atoms with Gasteiger partial charge in [-0.2, -0.15) is 0 Å². The van der Waals surface area contributed by atoms with Gasteiger partial charge in [0.25, 0.3) is 0 Å². The monoisotopic (exact) mass is 289 g/mol. The van der Waals surface area contributed by atoms with E-state index in [2.05, 4.69) is 5.32 Å². The molecule has 0 aliphatic carbocycles. The summed E-state index contributed by atoms with van der Waals surface area (Å²) in [4.78, 5) is 12.7. The Balaban J connectivity index is 1.94. The third-order valence-electron chi connectivity index (χ3n) is 2.44. The lowest BCUT2D eigenvalue weighted by Crippen LogP contribution is -2.35. The first-order chi connectivity index (χ1) is 9.63. The van der Waals surface area contributed by atoms with Gasteiger partial charge in [0.2, 0.25) is 0 Å². The first-order valence-corrected chi connectivity index (χ1v) is 6.94. The summed E-state index contributed by atoms with van der Waals surface area (Å²) in [5.74, 6) is 0.628. The molecule has 5 heteroatoms. The second kappa shape index (κ2) is 6.86. The lowest BCUT2D eigenvalue weighted by molar-refractivity contribution is 0.148. The molecule has 1 atom stereocenters. The van der Waals surface area contributed by atoms with Crippen molar-refractivity contribution in [3.05, 3.63) is 54.6 Å². The lowest BCUT2D eigenvalue weighted by atomic mass is 10.3. The number of ether oxygens (including phenoxy) is 1. The molecule has 0 heterocycles. The molecular formula is C15H15NO3S. The molecular weight excluding hydrogens is 274 g/mol. The zero-order valence-corrected chi connectivity index (χ0v) is 11.8. The van der Waals surface area contributed by atoms with Crippen LogP contribution in [0.1, 0.15) is 6.92 Å². The van der Waals surface area contributed by atoms with Crippen LogP contribution < -0.4 is 10.1 Å². The minimum atomic E-state index is -1.10. The average molecular weight is 289 g/mol. The Bertz CT molecular complexity index is 557. The van der Waals surface area contributed by atoms with Crippen LogP contribution in [0.2, 0.25) is 0 Å². The third kappa shape index (κ3) is 4.51. The van der Waals surface area contributed by atoms with Crippen molar-refractivity contribution in [2.75, 3.05) is 0 Å². The molecule has 0 bridgehead atoms. The maximum atomic E-state index is 10.5. The standard InChI is InChI=1S/C15H15NO3S/c1-11(16-15(17)18)19-12-7-9-14(10-8-12)20-13-5-3-2-4-6-13/h2-11,16H,1H3,(H,17,18). The second-order valence-electron chi connectivity index (χ2n) is 4.10. The topological polar surface area (TPSA) is 58.6 Å². The van der Waals surface area contributed by atoms with E-state index in [0.29, 0.717) is 5.75 Å².